The Morgan fingerprint density at radius 3 is 2.34 bits per heavy atom. The van der Waals surface area contributed by atoms with Crippen LogP contribution in [0.25, 0.3) is 16.2 Å². The first-order valence-corrected chi connectivity index (χ1v) is 10.7. The second kappa shape index (κ2) is 7.48. The van der Waals surface area contributed by atoms with Gasteiger partial charge in [-0.3, -0.25) is 9.20 Å². The van der Waals surface area contributed by atoms with Gasteiger partial charge in [0.1, 0.15) is 5.75 Å². The first-order chi connectivity index (χ1) is 13.4. The van der Waals surface area contributed by atoms with Gasteiger partial charge in [-0.1, -0.05) is 47.6 Å². The van der Waals surface area contributed by atoms with Crippen LogP contribution in [0.15, 0.2) is 24.5 Å². The number of nitrogens with zero attached hydrogens (tertiary/aromatic N) is 2. The van der Waals surface area contributed by atoms with Crippen molar-refractivity contribution < 1.29 is 14.6 Å². The van der Waals surface area contributed by atoms with Crippen molar-refractivity contribution in [2.24, 2.45) is 0 Å². The molecule has 1 aromatic carbocycles. The average Bonchev–Trinajstić information content (AvgIpc) is 3.10. The summed E-state index contributed by atoms with van der Waals surface area (Å²) in [6, 6.07) is 4.45. The number of imidazole rings is 1. The molecule has 2 heterocycles. The number of rotatable bonds is 5. The highest BCUT2D eigenvalue weighted by molar-refractivity contribution is 7.17. The Balaban J connectivity index is 2.22. The van der Waals surface area contributed by atoms with Gasteiger partial charge in [0.25, 0.3) is 0 Å². The lowest BCUT2D eigenvalue weighted by Crippen LogP contribution is -2.18. The minimum absolute atomic E-state index is 0.00866. The molecule has 0 amide bonds. The van der Waals surface area contributed by atoms with Crippen LogP contribution < -0.4 is 4.74 Å². The van der Waals surface area contributed by atoms with Crippen LogP contribution in [0.3, 0.4) is 0 Å². The number of aliphatic carboxylic acids is 1. The number of thiazole rings is 1. The summed E-state index contributed by atoms with van der Waals surface area (Å²) in [6.07, 6.45) is 3.83. The predicted octanol–water partition coefficient (Wildman–Crippen LogP) is 5.68. The van der Waals surface area contributed by atoms with Crippen molar-refractivity contribution >= 4 is 22.3 Å². The Bertz CT molecular complexity index is 1020. The molecule has 3 aromatic rings. The van der Waals surface area contributed by atoms with Crippen molar-refractivity contribution in [2.45, 2.75) is 65.7 Å². The number of ether oxygens (including phenoxy) is 1. The minimum Gasteiger partial charge on any atom is -0.493 e. The summed E-state index contributed by atoms with van der Waals surface area (Å²) in [5, 5.41) is 9.03. The highest BCUT2D eigenvalue weighted by Gasteiger charge is 2.27. The van der Waals surface area contributed by atoms with E-state index >= 15 is 0 Å². The maximum atomic E-state index is 11.0. The van der Waals surface area contributed by atoms with Crippen LogP contribution in [-0.4, -0.2) is 27.1 Å². The fraction of sp³-hybridized carbons (Fsp3) is 0.478. The van der Waals surface area contributed by atoms with E-state index in [1.54, 1.807) is 0 Å². The van der Waals surface area contributed by atoms with Gasteiger partial charge in [-0.2, -0.15) is 0 Å². The number of benzene rings is 1. The van der Waals surface area contributed by atoms with Crippen molar-refractivity contribution in [3.05, 3.63) is 40.5 Å². The summed E-state index contributed by atoms with van der Waals surface area (Å²) in [5.74, 6) is 0.0468. The third kappa shape index (κ3) is 4.47. The molecular formula is C23H30N2O3S. The molecule has 0 aliphatic heterocycles. The zero-order chi connectivity index (χ0) is 21.6. The SMILES string of the molecule is CCOc1c(-c2cn3cc(CC(=O)O)sc3n2)cc(C(C)(C)C)cc1C(C)(C)C. The van der Waals surface area contributed by atoms with Crippen LogP contribution in [0.5, 0.6) is 5.75 Å². The Morgan fingerprint density at radius 1 is 1.14 bits per heavy atom. The average molecular weight is 415 g/mol. The smallest absolute Gasteiger partial charge is 0.308 e. The van der Waals surface area contributed by atoms with Crippen molar-refractivity contribution in [1.82, 2.24) is 9.38 Å². The van der Waals surface area contributed by atoms with Crippen molar-refractivity contribution in [3.63, 3.8) is 0 Å². The van der Waals surface area contributed by atoms with Gasteiger partial charge >= 0.3 is 5.97 Å². The maximum Gasteiger partial charge on any atom is 0.308 e. The predicted molar refractivity (Wildman–Crippen MR) is 118 cm³/mol. The Hall–Kier alpha value is -2.34. The Labute approximate surface area is 176 Å². The monoisotopic (exact) mass is 414 g/mol. The van der Waals surface area contributed by atoms with Crippen LogP contribution in [-0.2, 0) is 22.0 Å². The van der Waals surface area contributed by atoms with E-state index < -0.39 is 5.97 Å². The van der Waals surface area contributed by atoms with Gasteiger partial charge < -0.3 is 9.84 Å². The quantitative estimate of drug-likeness (QED) is 0.583. The molecule has 0 saturated heterocycles. The van der Waals surface area contributed by atoms with Crippen LogP contribution in [0.4, 0.5) is 0 Å². The standard InChI is InChI=1S/C23H30N2O3S/c1-8-28-20-16(9-14(22(2,3)4)10-17(20)23(5,6)7)18-13-25-12-15(11-19(26)27)29-21(25)24-18/h9-10,12-13H,8,11H2,1-7H3,(H,26,27). The summed E-state index contributed by atoms with van der Waals surface area (Å²) < 4.78 is 8.05. The summed E-state index contributed by atoms with van der Waals surface area (Å²) in [6.45, 7) is 15.8. The van der Waals surface area contributed by atoms with Gasteiger partial charge in [-0.05, 0) is 29.4 Å². The van der Waals surface area contributed by atoms with E-state index in [4.69, 9.17) is 14.8 Å². The van der Waals surface area contributed by atoms with Gasteiger partial charge in [0.05, 0.1) is 18.7 Å². The van der Waals surface area contributed by atoms with Gasteiger partial charge in [-0.25, -0.2) is 4.98 Å². The molecule has 29 heavy (non-hydrogen) atoms. The molecule has 0 aliphatic rings. The van der Waals surface area contributed by atoms with Crippen molar-refractivity contribution in [2.75, 3.05) is 6.61 Å². The highest BCUT2D eigenvalue weighted by Crippen LogP contribution is 2.43. The molecule has 2 aromatic heterocycles. The fourth-order valence-electron chi connectivity index (χ4n) is 3.31. The summed E-state index contributed by atoms with van der Waals surface area (Å²) in [4.78, 5) is 17.4. The number of hydrogen-bond donors (Lipinski definition) is 1. The molecule has 3 rings (SSSR count). The molecule has 0 atom stereocenters. The molecule has 156 valence electrons. The molecule has 0 aliphatic carbocycles. The Kier molecular flexibility index (Phi) is 5.52. The van der Waals surface area contributed by atoms with E-state index in [9.17, 15) is 4.79 Å². The first-order valence-electron chi connectivity index (χ1n) is 9.91. The molecule has 0 bridgehead atoms. The van der Waals surface area contributed by atoms with E-state index in [-0.39, 0.29) is 17.3 Å². The zero-order valence-corrected chi connectivity index (χ0v) is 19.1. The lowest BCUT2D eigenvalue weighted by Gasteiger charge is -2.29. The van der Waals surface area contributed by atoms with Gasteiger partial charge in [0.2, 0.25) is 0 Å². The van der Waals surface area contributed by atoms with Gasteiger partial charge in [-0.15, -0.1) is 11.3 Å². The van der Waals surface area contributed by atoms with E-state index in [0.29, 0.717) is 6.61 Å². The van der Waals surface area contributed by atoms with E-state index in [0.717, 1.165) is 26.8 Å². The lowest BCUT2D eigenvalue weighted by atomic mass is 9.78. The second-order valence-corrected chi connectivity index (χ2v) is 10.5. The number of carbonyl (C=O) groups is 1. The van der Waals surface area contributed by atoms with E-state index in [1.807, 2.05) is 23.7 Å². The van der Waals surface area contributed by atoms with Crippen molar-refractivity contribution in [3.8, 4) is 17.0 Å². The van der Waals surface area contributed by atoms with Crippen LogP contribution in [0, 0.1) is 0 Å². The van der Waals surface area contributed by atoms with E-state index in [2.05, 4.69) is 53.7 Å². The zero-order valence-electron chi connectivity index (χ0n) is 18.3. The second-order valence-electron chi connectivity index (χ2n) is 9.42. The number of carboxylic acid groups (broad SMARTS) is 1. The number of hydrogen-bond acceptors (Lipinski definition) is 4. The molecule has 0 saturated carbocycles. The molecule has 0 unspecified atom stereocenters. The molecule has 1 N–H and O–H groups in total. The molecular weight excluding hydrogens is 384 g/mol. The molecule has 6 heteroatoms. The minimum atomic E-state index is -0.832. The topological polar surface area (TPSA) is 63.8 Å². The van der Waals surface area contributed by atoms with Crippen LogP contribution in [0.1, 0.15) is 64.5 Å². The number of fused-ring (bicyclic) bond motifs is 1. The van der Waals surface area contributed by atoms with Crippen LogP contribution >= 0.6 is 11.3 Å². The number of aromatic nitrogens is 2. The highest BCUT2D eigenvalue weighted by atomic mass is 32.1. The third-order valence-electron chi connectivity index (χ3n) is 4.86. The summed E-state index contributed by atoms with van der Waals surface area (Å²) >= 11 is 1.41. The van der Waals surface area contributed by atoms with Gasteiger partial charge in [0, 0.05) is 28.4 Å². The normalized spacial score (nSPS) is 12.5. The fourth-order valence-corrected chi connectivity index (χ4v) is 4.26. The van der Waals surface area contributed by atoms with E-state index in [1.165, 1.54) is 22.5 Å². The van der Waals surface area contributed by atoms with Crippen LogP contribution in [0.2, 0.25) is 0 Å². The molecule has 5 nitrogen and oxygen atoms in total. The number of carboxylic acids is 1. The summed E-state index contributed by atoms with van der Waals surface area (Å²) in [5.41, 5.74) is 4.16. The third-order valence-corrected chi connectivity index (χ3v) is 5.85. The largest absolute Gasteiger partial charge is 0.493 e. The molecule has 0 fully saturated rings. The maximum absolute atomic E-state index is 11.0. The lowest BCUT2D eigenvalue weighted by molar-refractivity contribution is -0.136. The molecule has 0 radical (unpaired) electrons. The van der Waals surface area contributed by atoms with Gasteiger partial charge in [0.15, 0.2) is 4.96 Å². The first kappa shape index (κ1) is 21.4. The molecule has 0 spiro atoms. The Morgan fingerprint density at radius 2 is 1.83 bits per heavy atom. The summed E-state index contributed by atoms with van der Waals surface area (Å²) in [7, 11) is 0. The van der Waals surface area contributed by atoms with Crippen molar-refractivity contribution in [1.29, 1.82) is 0 Å².